The summed E-state index contributed by atoms with van der Waals surface area (Å²) in [5, 5.41) is 11.3. The van der Waals surface area contributed by atoms with Crippen LogP contribution in [0.1, 0.15) is 20.3 Å². The number of thioether (sulfide) groups is 1. The Hall–Kier alpha value is -1.34. The zero-order valence-electron chi connectivity index (χ0n) is 9.84. The van der Waals surface area contributed by atoms with Gasteiger partial charge in [-0.1, -0.05) is 13.8 Å². The van der Waals surface area contributed by atoms with Crippen LogP contribution >= 0.6 is 11.8 Å². The number of rotatable bonds is 6. The Morgan fingerprint density at radius 2 is 2.29 bits per heavy atom. The quantitative estimate of drug-likeness (QED) is 0.351. The Balaban J connectivity index is 2.76. The summed E-state index contributed by atoms with van der Waals surface area (Å²) in [6, 6.07) is 2.78. The number of anilines is 1. The lowest BCUT2D eigenvalue weighted by Gasteiger charge is -2.05. The number of nitrogens with two attached hydrogens (primary N) is 1. The molecule has 0 bridgehead atoms. The second-order valence-electron chi connectivity index (χ2n) is 3.98. The smallest absolute Gasteiger partial charge is 0.275 e. The first-order valence-electron chi connectivity index (χ1n) is 5.29. The molecule has 6 nitrogen and oxygen atoms in total. The minimum atomic E-state index is -0.449. The van der Waals surface area contributed by atoms with Gasteiger partial charge in [0.15, 0.2) is 0 Å². The van der Waals surface area contributed by atoms with Gasteiger partial charge in [-0.05, 0) is 18.1 Å². The van der Waals surface area contributed by atoms with E-state index in [4.69, 9.17) is 5.84 Å². The van der Waals surface area contributed by atoms with E-state index in [2.05, 4.69) is 24.3 Å². The van der Waals surface area contributed by atoms with Gasteiger partial charge in [0.1, 0.15) is 10.8 Å². The van der Waals surface area contributed by atoms with Crippen LogP contribution in [0.4, 0.5) is 11.5 Å². The molecule has 0 radical (unpaired) electrons. The van der Waals surface area contributed by atoms with Crippen molar-refractivity contribution in [1.29, 1.82) is 0 Å². The van der Waals surface area contributed by atoms with Gasteiger partial charge in [0.05, 0.1) is 11.0 Å². The molecular formula is C10H16N4O2S. The van der Waals surface area contributed by atoms with Crippen LogP contribution in [0.5, 0.6) is 0 Å². The fourth-order valence-electron chi connectivity index (χ4n) is 1.14. The largest absolute Gasteiger partial charge is 0.308 e. The summed E-state index contributed by atoms with van der Waals surface area (Å²) in [4.78, 5) is 14.4. The highest BCUT2D eigenvalue weighted by Crippen LogP contribution is 2.25. The van der Waals surface area contributed by atoms with Crippen LogP contribution in [0, 0.1) is 16.0 Å². The molecule has 1 aromatic rings. The van der Waals surface area contributed by atoms with Gasteiger partial charge < -0.3 is 5.43 Å². The second kappa shape index (κ2) is 6.41. The number of nitrogen functional groups attached to an aromatic ring is 1. The molecular weight excluding hydrogens is 240 g/mol. The van der Waals surface area contributed by atoms with E-state index < -0.39 is 4.92 Å². The summed E-state index contributed by atoms with van der Waals surface area (Å²) in [5.41, 5.74) is 2.33. The minimum absolute atomic E-state index is 0.00000283. The molecule has 0 atom stereocenters. The third-order valence-corrected chi connectivity index (χ3v) is 3.04. The standard InChI is InChI=1S/C10H16N4O2S/c1-7(2)3-4-17-10-6-8(14(15)16)5-9(12-10)13-11/h5-7H,3-4,11H2,1-2H3,(H,12,13). The van der Waals surface area contributed by atoms with E-state index in [1.807, 2.05) is 0 Å². The number of hydrazine groups is 1. The van der Waals surface area contributed by atoms with Crippen LogP contribution < -0.4 is 11.3 Å². The highest BCUT2D eigenvalue weighted by molar-refractivity contribution is 7.99. The van der Waals surface area contributed by atoms with Crippen LogP contribution in [0.2, 0.25) is 0 Å². The maximum absolute atomic E-state index is 10.7. The zero-order chi connectivity index (χ0) is 12.8. The molecule has 3 N–H and O–H groups in total. The molecule has 0 aromatic carbocycles. The number of nitro groups is 1. The van der Waals surface area contributed by atoms with Crippen LogP contribution in [0.3, 0.4) is 0 Å². The number of pyridine rings is 1. The van der Waals surface area contributed by atoms with Gasteiger partial charge in [-0.3, -0.25) is 10.1 Å². The third-order valence-electron chi connectivity index (χ3n) is 2.09. The van der Waals surface area contributed by atoms with Crippen LogP contribution in [-0.2, 0) is 0 Å². The van der Waals surface area contributed by atoms with Crippen molar-refractivity contribution in [3.63, 3.8) is 0 Å². The van der Waals surface area contributed by atoms with Crippen LogP contribution in [0.25, 0.3) is 0 Å². The van der Waals surface area contributed by atoms with E-state index in [-0.39, 0.29) is 5.69 Å². The molecule has 0 fully saturated rings. The van der Waals surface area contributed by atoms with Gasteiger partial charge in [-0.2, -0.15) is 0 Å². The highest BCUT2D eigenvalue weighted by atomic mass is 32.2. The molecule has 0 aliphatic carbocycles. The first-order chi connectivity index (χ1) is 8.02. The van der Waals surface area contributed by atoms with E-state index in [1.54, 1.807) is 0 Å². The lowest BCUT2D eigenvalue weighted by Crippen LogP contribution is -2.09. The Morgan fingerprint density at radius 3 is 2.82 bits per heavy atom. The van der Waals surface area contributed by atoms with Crippen molar-refractivity contribution in [3.8, 4) is 0 Å². The number of nitrogens with one attached hydrogen (secondary N) is 1. The molecule has 0 aliphatic rings. The van der Waals surface area contributed by atoms with Gasteiger partial charge in [0.25, 0.3) is 5.69 Å². The third kappa shape index (κ3) is 4.58. The van der Waals surface area contributed by atoms with E-state index in [0.29, 0.717) is 16.8 Å². The normalized spacial score (nSPS) is 10.6. The summed E-state index contributed by atoms with van der Waals surface area (Å²) in [6.45, 7) is 4.27. The summed E-state index contributed by atoms with van der Waals surface area (Å²) < 4.78 is 0. The predicted octanol–water partition coefficient (Wildman–Crippen LogP) is 2.41. The van der Waals surface area contributed by atoms with E-state index >= 15 is 0 Å². The topological polar surface area (TPSA) is 94.1 Å². The Kier molecular flexibility index (Phi) is 5.17. The Bertz CT molecular complexity index is 398. The number of hydrogen-bond donors (Lipinski definition) is 2. The van der Waals surface area contributed by atoms with Crippen molar-refractivity contribution < 1.29 is 4.92 Å². The van der Waals surface area contributed by atoms with E-state index in [0.717, 1.165) is 12.2 Å². The molecule has 7 heteroatoms. The van der Waals surface area contributed by atoms with Crippen molar-refractivity contribution in [1.82, 2.24) is 4.98 Å². The van der Waals surface area contributed by atoms with E-state index in [1.165, 1.54) is 23.9 Å². The molecule has 0 aliphatic heterocycles. The lowest BCUT2D eigenvalue weighted by atomic mass is 10.2. The van der Waals surface area contributed by atoms with Crippen molar-refractivity contribution in [2.45, 2.75) is 25.3 Å². The molecule has 0 saturated heterocycles. The monoisotopic (exact) mass is 256 g/mol. The zero-order valence-corrected chi connectivity index (χ0v) is 10.7. The summed E-state index contributed by atoms with van der Waals surface area (Å²) in [5.74, 6) is 7.02. The molecule has 94 valence electrons. The van der Waals surface area contributed by atoms with Gasteiger partial charge in [0, 0.05) is 6.07 Å². The number of aromatic nitrogens is 1. The molecule has 0 unspecified atom stereocenters. The average molecular weight is 256 g/mol. The van der Waals surface area contributed by atoms with Crippen LogP contribution in [0.15, 0.2) is 17.2 Å². The fourth-order valence-corrected chi connectivity index (χ4v) is 2.31. The Morgan fingerprint density at radius 1 is 1.59 bits per heavy atom. The minimum Gasteiger partial charge on any atom is -0.308 e. The molecule has 17 heavy (non-hydrogen) atoms. The number of nitrogens with zero attached hydrogens (tertiary/aromatic N) is 2. The molecule has 1 aromatic heterocycles. The van der Waals surface area contributed by atoms with Crippen molar-refractivity contribution in [2.24, 2.45) is 11.8 Å². The average Bonchev–Trinajstić information content (AvgIpc) is 2.28. The number of hydrogen-bond acceptors (Lipinski definition) is 6. The summed E-state index contributed by atoms with van der Waals surface area (Å²) in [7, 11) is 0. The fraction of sp³-hybridized carbons (Fsp3) is 0.500. The maximum Gasteiger partial charge on any atom is 0.275 e. The predicted molar refractivity (Wildman–Crippen MR) is 68.9 cm³/mol. The Labute approximate surface area is 104 Å². The van der Waals surface area contributed by atoms with Crippen molar-refractivity contribution >= 4 is 23.3 Å². The first kappa shape index (κ1) is 13.7. The summed E-state index contributed by atoms with van der Waals surface area (Å²) >= 11 is 1.50. The molecule has 1 heterocycles. The van der Waals surface area contributed by atoms with Gasteiger partial charge in [-0.15, -0.1) is 11.8 Å². The van der Waals surface area contributed by atoms with Crippen molar-refractivity contribution in [2.75, 3.05) is 11.2 Å². The van der Waals surface area contributed by atoms with Gasteiger partial charge in [-0.25, -0.2) is 10.8 Å². The summed E-state index contributed by atoms with van der Waals surface area (Å²) in [6.07, 6.45) is 1.04. The molecule has 0 amide bonds. The molecule has 0 spiro atoms. The first-order valence-corrected chi connectivity index (χ1v) is 6.27. The maximum atomic E-state index is 10.7. The van der Waals surface area contributed by atoms with Gasteiger partial charge >= 0.3 is 0 Å². The van der Waals surface area contributed by atoms with E-state index in [9.17, 15) is 10.1 Å². The van der Waals surface area contributed by atoms with Crippen molar-refractivity contribution in [3.05, 3.63) is 22.2 Å². The van der Waals surface area contributed by atoms with Gasteiger partial charge in [0.2, 0.25) is 0 Å². The second-order valence-corrected chi connectivity index (χ2v) is 5.10. The molecule has 0 saturated carbocycles. The SMILES string of the molecule is CC(C)CCSc1cc([N+](=O)[O-])cc(NN)n1. The van der Waals surface area contributed by atoms with Crippen LogP contribution in [-0.4, -0.2) is 15.7 Å². The lowest BCUT2D eigenvalue weighted by molar-refractivity contribution is -0.385. The molecule has 1 rings (SSSR count). The highest BCUT2D eigenvalue weighted by Gasteiger charge is 2.11.